The van der Waals surface area contributed by atoms with Crippen LogP contribution in [0.15, 0.2) is 0 Å². The Bertz CT molecular complexity index is 335. The van der Waals surface area contributed by atoms with Gasteiger partial charge in [-0.05, 0) is 19.8 Å². The maximum atomic E-state index is 11.7. The summed E-state index contributed by atoms with van der Waals surface area (Å²) < 4.78 is 0. The number of amides is 3. The molecule has 0 aliphatic heterocycles. The molecule has 0 bridgehead atoms. The lowest BCUT2D eigenvalue weighted by atomic mass is 10.0. The van der Waals surface area contributed by atoms with Crippen LogP contribution in [0.3, 0.4) is 0 Å². The van der Waals surface area contributed by atoms with Crippen molar-refractivity contribution in [2.45, 2.75) is 38.8 Å². The highest BCUT2D eigenvalue weighted by atomic mass is 16.4. The van der Waals surface area contributed by atoms with Gasteiger partial charge in [-0.1, -0.05) is 6.92 Å². The topological polar surface area (TPSA) is 148 Å². The monoisotopic (exact) mass is 274 g/mol. The number of nitrogens with two attached hydrogens (primary N) is 2. The first kappa shape index (κ1) is 17.2. The fourth-order valence-electron chi connectivity index (χ4n) is 1.52. The molecule has 0 spiro atoms. The second-order valence-electron chi connectivity index (χ2n) is 4.58. The van der Waals surface area contributed by atoms with E-state index in [-0.39, 0.29) is 30.8 Å². The van der Waals surface area contributed by atoms with Gasteiger partial charge in [-0.15, -0.1) is 0 Å². The number of primary amides is 1. The minimum atomic E-state index is -1.16. The predicted octanol–water partition coefficient (Wildman–Crippen LogP) is -1.01. The van der Waals surface area contributed by atoms with Gasteiger partial charge < -0.3 is 27.2 Å². The van der Waals surface area contributed by atoms with Crippen LogP contribution in [-0.4, -0.2) is 41.6 Å². The summed E-state index contributed by atoms with van der Waals surface area (Å²) in [7, 11) is 0. The van der Waals surface area contributed by atoms with Crippen molar-refractivity contribution >= 4 is 17.9 Å². The molecular formula is C11H22N4O4. The molecule has 0 radical (unpaired) electrons. The molecule has 19 heavy (non-hydrogen) atoms. The fraction of sp³-hybridized carbons (Fsp3) is 0.727. The van der Waals surface area contributed by atoms with Gasteiger partial charge >= 0.3 is 6.09 Å². The lowest BCUT2D eigenvalue weighted by Gasteiger charge is -2.19. The summed E-state index contributed by atoms with van der Waals surface area (Å²) in [4.78, 5) is 32.8. The molecule has 0 aromatic carbocycles. The van der Waals surface area contributed by atoms with E-state index in [0.29, 0.717) is 6.42 Å². The number of carbonyl (C=O) groups is 3. The summed E-state index contributed by atoms with van der Waals surface area (Å²) >= 11 is 0. The van der Waals surface area contributed by atoms with Crippen LogP contribution in [0.1, 0.15) is 26.7 Å². The molecule has 0 saturated carbocycles. The third kappa shape index (κ3) is 7.98. The van der Waals surface area contributed by atoms with E-state index in [0.717, 1.165) is 0 Å². The average Bonchev–Trinajstić information content (AvgIpc) is 2.27. The lowest BCUT2D eigenvalue weighted by molar-refractivity contribution is -0.124. The van der Waals surface area contributed by atoms with Gasteiger partial charge in [0.05, 0.1) is 6.04 Å². The molecule has 0 aliphatic carbocycles. The van der Waals surface area contributed by atoms with Gasteiger partial charge in [0.1, 0.15) is 0 Å². The summed E-state index contributed by atoms with van der Waals surface area (Å²) in [5, 5.41) is 13.1. The van der Waals surface area contributed by atoms with Crippen LogP contribution >= 0.6 is 0 Å². The van der Waals surface area contributed by atoms with E-state index in [1.54, 1.807) is 13.8 Å². The quantitative estimate of drug-likeness (QED) is 0.384. The summed E-state index contributed by atoms with van der Waals surface area (Å²) in [6.45, 7) is 3.54. The van der Waals surface area contributed by atoms with Crippen molar-refractivity contribution < 1.29 is 19.5 Å². The second-order valence-corrected chi connectivity index (χ2v) is 4.58. The zero-order valence-electron chi connectivity index (χ0n) is 11.2. The Balaban J connectivity index is 4.00. The fourth-order valence-corrected chi connectivity index (χ4v) is 1.52. The van der Waals surface area contributed by atoms with Gasteiger partial charge in [0, 0.05) is 18.5 Å². The summed E-state index contributed by atoms with van der Waals surface area (Å²) in [5.41, 5.74) is 10.7. The number of carboxylic acid groups (broad SMARTS) is 1. The van der Waals surface area contributed by atoms with Crippen LogP contribution < -0.4 is 22.1 Å². The zero-order chi connectivity index (χ0) is 15.0. The van der Waals surface area contributed by atoms with Crippen LogP contribution in [0.2, 0.25) is 0 Å². The molecule has 0 rings (SSSR count). The molecule has 0 unspecified atom stereocenters. The molecule has 8 nitrogen and oxygen atoms in total. The first-order valence-corrected chi connectivity index (χ1v) is 6.06. The molecular weight excluding hydrogens is 252 g/mol. The first-order chi connectivity index (χ1) is 8.73. The molecule has 0 aliphatic rings. The molecule has 0 aromatic heterocycles. The van der Waals surface area contributed by atoms with Crippen molar-refractivity contribution in [1.29, 1.82) is 0 Å². The summed E-state index contributed by atoms with van der Waals surface area (Å²) in [6.07, 6.45) is -0.520. The van der Waals surface area contributed by atoms with Gasteiger partial charge in [-0.3, -0.25) is 9.59 Å². The Kier molecular flexibility index (Phi) is 7.50. The van der Waals surface area contributed by atoms with Crippen LogP contribution in [0, 0.1) is 5.92 Å². The smallest absolute Gasteiger partial charge is 0.404 e. The Labute approximate surface area is 111 Å². The van der Waals surface area contributed by atoms with Gasteiger partial charge in [0.2, 0.25) is 11.8 Å². The third-order valence-electron chi connectivity index (χ3n) is 2.65. The molecule has 0 fully saturated rings. The van der Waals surface area contributed by atoms with Gasteiger partial charge in [-0.25, -0.2) is 4.79 Å². The molecule has 8 heteroatoms. The van der Waals surface area contributed by atoms with Crippen LogP contribution in [-0.2, 0) is 9.59 Å². The molecule has 0 saturated heterocycles. The molecule has 3 amide bonds. The van der Waals surface area contributed by atoms with Crippen molar-refractivity contribution in [3.05, 3.63) is 0 Å². The molecule has 7 N–H and O–H groups in total. The highest BCUT2D eigenvalue weighted by molar-refractivity contribution is 5.82. The van der Waals surface area contributed by atoms with Crippen molar-refractivity contribution in [2.24, 2.45) is 17.4 Å². The minimum Gasteiger partial charge on any atom is -0.465 e. The highest BCUT2D eigenvalue weighted by Gasteiger charge is 2.18. The van der Waals surface area contributed by atoms with E-state index in [2.05, 4.69) is 10.6 Å². The molecule has 0 heterocycles. The summed E-state index contributed by atoms with van der Waals surface area (Å²) in [5.74, 6) is -1.13. The predicted molar refractivity (Wildman–Crippen MR) is 69.2 cm³/mol. The lowest BCUT2D eigenvalue weighted by Crippen LogP contribution is -2.46. The van der Waals surface area contributed by atoms with Crippen molar-refractivity contribution in [3.8, 4) is 0 Å². The van der Waals surface area contributed by atoms with E-state index < -0.39 is 18.0 Å². The average molecular weight is 274 g/mol. The summed E-state index contributed by atoms with van der Waals surface area (Å²) in [6, 6.07) is -1.02. The molecule has 0 aromatic rings. The Hall–Kier alpha value is -1.83. The minimum absolute atomic E-state index is 0.107. The van der Waals surface area contributed by atoms with E-state index in [4.69, 9.17) is 16.6 Å². The SMILES string of the molecule is C[C@@H](C[C@H](C)C(N)=O)NC(=O)[C@@H](N)CCNC(=O)O. The zero-order valence-corrected chi connectivity index (χ0v) is 11.2. The van der Waals surface area contributed by atoms with Gasteiger partial charge in [0.25, 0.3) is 0 Å². The second kappa shape index (κ2) is 8.30. The van der Waals surface area contributed by atoms with Crippen LogP contribution in [0.5, 0.6) is 0 Å². The number of nitrogens with one attached hydrogen (secondary N) is 2. The molecule has 110 valence electrons. The van der Waals surface area contributed by atoms with Crippen molar-refractivity contribution in [3.63, 3.8) is 0 Å². The van der Waals surface area contributed by atoms with E-state index in [1.165, 1.54) is 0 Å². The molecule has 3 atom stereocenters. The van der Waals surface area contributed by atoms with Gasteiger partial charge in [-0.2, -0.15) is 0 Å². The first-order valence-electron chi connectivity index (χ1n) is 6.06. The third-order valence-corrected chi connectivity index (χ3v) is 2.65. The van der Waals surface area contributed by atoms with Crippen LogP contribution in [0.4, 0.5) is 4.79 Å². The standard InChI is InChI=1S/C11H22N4O4/c1-6(9(13)16)5-7(2)15-10(17)8(12)3-4-14-11(18)19/h6-8,14H,3-5,12H2,1-2H3,(H2,13,16)(H,15,17)(H,18,19)/t6-,7-,8-/m0/s1. The Morgan fingerprint density at radius 1 is 1.26 bits per heavy atom. The highest BCUT2D eigenvalue weighted by Crippen LogP contribution is 2.05. The maximum absolute atomic E-state index is 11.7. The van der Waals surface area contributed by atoms with Gasteiger partial charge in [0.15, 0.2) is 0 Å². The van der Waals surface area contributed by atoms with Crippen molar-refractivity contribution in [2.75, 3.05) is 6.54 Å². The van der Waals surface area contributed by atoms with E-state index in [9.17, 15) is 14.4 Å². The Morgan fingerprint density at radius 3 is 2.32 bits per heavy atom. The van der Waals surface area contributed by atoms with E-state index >= 15 is 0 Å². The van der Waals surface area contributed by atoms with Crippen molar-refractivity contribution in [1.82, 2.24) is 10.6 Å². The largest absolute Gasteiger partial charge is 0.465 e. The van der Waals surface area contributed by atoms with Crippen LogP contribution in [0.25, 0.3) is 0 Å². The Morgan fingerprint density at radius 2 is 1.84 bits per heavy atom. The number of carbonyl (C=O) groups excluding carboxylic acids is 2. The maximum Gasteiger partial charge on any atom is 0.404 e. The number of hydrogen-bond acceptors (Lipinski definition) is 4. The number of hydrogen-bond donors (Lipinski definition) is 5. The van der Waals surface area contributed by atoms with E-state index in [1.807, 2.05) is 0 Å². The number of rotatable bonds is 8. The normalized spacial score (nSPS) is 15.1.